The van der Waals surface area contributed by atoms with Gasteiger partial charge in [-0.15, -0.1) is 0 Å². The largest absolute Gasteiger partial charge is 0.349 e. The number of hydrogen-bond donors (Lipinski definition) is 2. The Hall–Kier alpha value is -1.36. The van der Waals surface area contributed by atoms with Crippen molar-refractivity contribution in [2.45, 2.75) is 58.0 Å². The fraction of sp³-hybridized carbons (Fsp3) is 0.765. The maximum absolute atomic E-state index is 12.7. The number of hydrogen-bond acceptors (Lipinski definition) is 3. The third-order valence-corrected chi connectivity index (χ3v) is 5.88. The summed E-state index contributed by atoms with van der Waals surface area (Å²) in [5.74, 6) is 1.41. The van der Waals surface area contributed by atoms with Gasteiger partial charge in [0.1, 0.15) is 0 Å². The summed E-state index contributed by atoms with van der Waals surface area (Å²) in [6.45, 7) is 4.08. The van der Waals surface area contributed by atoms with Crippen LogP contribution in [0.25, 0.3) is 0 Å². The van der Waals surface area contributed by atoms with Gasteiger partial charge >= 0.3 is 0 Å². The van der Waals surface area contributed by atoms with Crippen LogP contribution in [0, 0.1) is 24.7 Å². The number of nitrogens with zero attached hydrogens (tertiary/aromatic N) is 2. The minimum Gasteiger partial charge on any atom is -0.349 e. The summed E-state index contributed by atoms with van der Waals surface area (Å²) in [5.41, 5.74) is 8.53. The van der Waals surface area contributed by atoms with Crippen LogP contribution in [0.3, 0.4) is 0 Å². The van der Waals surface area contributed by atoms with E-state index in [2.05, 4.69) is 10.4 Å². The number of aryl methyl sites for hydroxylation is 1. The lowest BCUT2D eigenvalue weighted by Crippen LogP contribution is -2.49. The molecule has 3 rings (SSSR count). The van der Waals surface area contributed by atoms with Crippen molar-refractivity contribution in [2.24, 2.45) is 30.5 Å². The van der Waals surface area contributed by atoms with Crippen LogP contribution in [-0.4, -0.2) is 21.7 Å². The van der Waals surface area contributed by atoms with E-state index in [0.29, 0.717) is 17.9 Å². The number of carbonyl (C=O) groups is 1. The zero-order valence-corrected chi connectivity index (χ0v) is 13.9. The van der Waals surface area contributed by atoms with Crippen molar-refractivity contribution in [3.05, 3.63) is 17.5 Å². The Kier molecular flexibility index (Phi) is 4.26. The lowest BCUT2D eigenvalue weighted by Gasteiger charge is -2.43. The number of aromatic nitrogens is 2. The van der Waals surface area contributed by atoms with Gasteiger partial charge in [-0.2, -0.15) is 5.10 Å². The molecule has 0 aliphatic heterocycles. The highest BCUT2D eigenvalue weighted by Crippen LogP contribution is 2.42. The topological polar surface area (TPSA) is 72.9 Å². The van der Waals surface area contributed by atoms with Crippen LogP contribution in [0.2, 0.25) is 0 Å². The van der Waals surface area contributed by atoms with Gasteiger partial charge in [0.25, 0.3) is 0 Å². The van der Waals surface area contributed by atoms with Crippen LogP contribution >= 0.6 is 0 Å². The molecule has 5 nitrogen and oxygen atoms in total. The average molecular weight is 304 g/mol. The zero-order chi connectivity index (χ0) is 15.9. The molecule has 2 bridgehead atoms. The van der Waals surface area contributed by atoms with Gasteiger partial charge in [-0.3, -0.25) is 9.48 Å². The van der Waals surface area contributed by atoms with Gasteiger partial charge < -0.3 is 11.1 Å². The first kappa shape index (κ1) is 15.5. The minimum absolute atomic E-state index is 0.0108. The number of rotatable bonds is 3. The van der Waals surface area contributed by atoms with Crippen LogP contribution < -0.4 is 11.1 Å². The first-order valence-corrected chi connectivity index (χ1v) is 8.51. The summed E-state index contributed by atoms with van der Waals surface area (Å²) in [6, 6.07) is 0.326. The van der Waals surface area contributed by atoms with Crippen LogP contribution in [0.15, 0.2) is 6.20 Å². The number of carbonyl (C=O) groups excluding carboxylic acids is 1. The molecule has 1 heterocycles. The number of amides is 1. The first-order chi connectivity index (χ1) is 10.5. The number of nitrogens with two attached hydrogens (primary N) is 1. The van der Waals surface area contributed by atoms with Gasteiger partial charge in [-0.25, -0.2) is 0 Å². The SMILES string of the molecule is Cc1c(C(C)NC(=O)C2CC3CCCC(C2)C3N)cnn1C. The molecule has 3 atom stereocenters. The van der Waals surface area contributed by atoms with E-state index in [1.54, 1.807) is 0 Å². The molecule has 2 aliphatic rings. The van der Waals surface area contributed by atoms with E-state index >= 15 is 0 Å². The Bertz CT molecular complexity index is 539. The summed E-state index contributed by atoms with van der Waals surface area (Å²) in [7, 11) is 1.93. The molecule has 0 radical (unpaired) electrons. The Labute approximate surface area is 132 Å². The lowest BCUT2D eigenvalue weighted by atomic mass is 9.65. The smallest absolute Gasteiger partial charge is 0.223 e. The highest BCUT2D eigenvalue weighted by molar-refractivity contribution is 5.79. The maximum atomic E-state index is 12.7. The third-order valence-electron chi connectivity index (χ3n) is 5.88. The van der Waals surface area contributed by atoms with Crippen molar-refractivity contribution < 1.29 is 4.79 Å². The normalized spacial score (nSPS) is 32.5. The molecular formula is C17H28N4O. The highest BCUT2D eigenvalue weighted by atomic mass is 16.1. The van der Waals surface area contributed by atoms with Gasteiger partial charge in [-0.1, -0.05) is 6.42 Å². The van der Waals surface area contributed by atoms with E-state index in [-0.39, 0.29) is 17.9 Å². The Morgan fingerprint density at radius 3 is 2.59 bits per heavy atom. The summed E-state index contributed by atoms with van der Waals surface area (Å²) >= 11 is 0. The van der Waals surface area contributed by atoms with Crippen molar-refractivity contribution in [3.8, 4) is 0 Å². The molecule has 0 spiro atoms. The van der Waals surface area contributed by atoms with E-state index in [0.717, 1.165) is 24.1 Å². The van der Waals surface area contributed by atoms with E-state index in [1.807, 2.05) is 31.8 Å². The van der Waals surface area contributed by atoms with Gasteiger partial charge in [0.15, 0.2) is 0 Å². The zero-order valence-electron chi connectivity index (χ0n) is 13.9. The summed E-state index contributed by atoms with van der Waals surface area (Å²) in [5, 5.41) is 7.45. The van der Waals surface area contributed by atoms with Crippen molar-refractivity contribution in [3.63, 3.8) is 0 Å². The summed E-state index contributed by atoms with van der Waals surface area (Å²) in [4.78, 5) is 12.7. The maximum Gasteiger partial charge on any atom is 0.223 e. The van der Waals surface area contributed by atoms with Gasteiger partial charge in [0, 0.05) is 30.3 Å². The molecule has 2 fully saturated rings. The summed E-state index contributed by atoms with van der Waals surface area (Å²) in [6.07, 6.45) is 7.44. The highest BCUT2D eigenvalue weighted by Gasteiger charge is 2.40. The molecule has 122 valence electrons. The predicted octanol–water partition coefficient (Wildman–Crippen LogP) is 2.06. The van der Waals surface area contributed by atoms with Gasteiger partial charge in [-0.05, 0) is 51.4 Å². The number of nitrogens with one attached hydrogen (secondary N) is 1. The molecule has 1 aromatic heterocycles. The van der Waals surface area contributed by atoms with Crippen molar-refractivity contribution in [2.75, 3.05) is 0 Å². The molecule has 1 aromatic rings. The average Bonchev–Trinajstić information content (AvgIpc) is 2.78. The van der Waals surface area contributed by atoms with E-state index in [1.165, 1.54) is 19.3 Å². The Morgan fingerprint density at radius 1 is 1.41 bits per heavy atom. The molecular weight excluding hydrogens is 276 g/mol. The van der Waals surface area contributed by atoms with Crippen molar-refractivity contribution in [1.29, 1.82) is 0 Å². The van der Waals surface area contributed by atoms with Gasteiger partial charge in [0.05, 0.1) is 12.2 Å². The fourth-order valence-corrected chi connectivity index (χ4v) is 4.35. The number of fused-ring (bicyclic) bond motifs is 2. The van der Waals surface area contributed by atoms with Crippen LogP contribution in [0.1, 0.15) is 56.3 Å². The molecule has 0 saturated heterocycles. The molecule has 1 amide bonds. The predicted molar refractivity (Wildman–Crippen MR) is 86.0 cm³/mol. The van der Waals surface area contributed by atoms with Crippen molar-refractivity contribution >= 4 is 5.91 Å². The molecule has 22 heavy (non-hydrogen) atoms. The molecule has 2 aliphatic carbocycles. The first-order valence-electron chi connectivity index (χ1n) is 8.51. The second-order valence-electron chi connectivity index (χ2n) is 7.24. The molecule has 2 saturated carbocycles. The minimum atomic E-state index is 0.0108. The van der Waals surface area contributed by atoms with Crippen LogP contribution in [0.4, 0.5) is 0 Å². The molecule has 3 unspecified atom stereocenters. The van der Waals surface area contributed by atoms with Crippen molar-refractivity contribution in [1.82, 2.24) is 15.1 Å². The van der Waals surface area contributed by atoms with Crippen LogP contribution in [0.5, 0.6) is 0 Å². The Balaban J connectivity index is 1.64. The van der Waals surface area contributed by atoms with Gasteiger partial charge in [0.2, 0.25) is 5.91 Å². The fourth-order valence-electron chi connectivity index (χ4n) is 4.35. The monoisotopic (exact) mass is 304 g/mol. The third kappa shape index (κ3) is 2.78. The standard InChI is InChI=1S/C17H28N4O/c1-10(15-9-19-21(3)11(15)2)20-17(22)14-7-12-5-4-6-13(8-14)16(12)18/h9-10,12-14,16H,4-8,18H2,1-3H3,(H,20,22). The van der Waals surface area contributed by atoms with E-state index < -0.39 is 0 Å². The van der Waals surface area contributed by atoms with E-state index in [4.69, 9.17) is 5.73 Å². The molecule has 5 heteroatoms. The van der Waals surface area contributed by atoms with E-state index in [9.17, 15) is 4.79 Å². The Morgan fingerprint density at radius 2 is 2.05 bits per heavy atom. The quantitative estimate of drug-likeness (QED) is 0.897. The molecule has 0 aromatic carbocycles. The lowest BCUT2D eigenvalue weighted by molar-refractivity contribution is -0.128. The second-order valence-corrected chi connectivity index (χ2v) is 7.24. The second kappa shape index (κ2) is 6.03. The molecule has 3 N–H and O–H groups in total. The summed E-state index contributed by atoms with van der Waals surface area (Å²) < 4.78 is 1.85. The van der Waals surface area contributed by atoms with Crippen LogP contribution in [-0.2, 0) is 11.8 Å².